The average molecular weight is 380 g/mol. The van der Waals surface area contributed by atoms with E-state index in [-0.39, 0.29) is 5.82 Å². The maximum atomic E-state index is 14.3. The molecule has 0 fully saturated rings. The molecule has 0 unspecified atom stereocenters. The van der Waals surface area contributed by atoms with Gasteiger partial charge in [0.15, 0.2) is 11.6 Å². The summed E-state index contributed by atoms with van der Waals surface area (Å²) in [6.45, 7) is 5.21. The van der Waals surface area contributed by atoms with E-state index in [9.17, 15) is 14.0 Å². The van der Waals surface area contributed by atoms with Crippen LogP contribution in [0, 0.1) is 5.82 Å². The molecule has 1 aromatic carbocycles. The Morgan fingerprint density at radius 2 is 1.85 bits per heavy atom. The molecular weight excluding hydrogens is 355 g/mol. The molecule has 0 aliphatic carbocycles. The van der Waals surface area contributed by atoms with Crippen LogP contribution in [0.3, 0.4) is 0 Å². The lowest BCUT2D eigenvalue weighted by atomic mass is 10.1. The number of halogens is 1. The number of rotatable bonds is 7. The van der Waals surface area contributed by atoms with Crippen molar-refractivity contribution in [2.45, 2.75) is 26.3 Å². The third kappa shape index (κ3) is 6.74. The molecule has 0 aliphatic rings. The summed E-state index contributed by atoms with van der Waals surface area (Å²) in [5.74, 6) is -2.49. The number of carboxylic acid groups (broad SMARTS) is 2. The highest BCUT2D eigenvalue weighted by Gasteiger charge is 2.14. The second-order valence-corrected chi connectivity index (χ2v) is 6.15. The van der Waals surface area contributed by atoms with Crippen LogP contribution in [0.4, 0.5) is 4.39 Å². The van der Waals surface area contributed by atoms with Crippen molar-refractivity contribution in [2.24, 2.45) is 0 Å². The third-order valence-electron chi connectivity index (χ3n) is 4.03. The molecule has 2 aromatic rings. The minimum absolute atomic E-state index is 0.275. The fourth-order valence-electron chi connectivity index (χ4n) is 2.28. The lowest BCUT2D eigenvalue weighted by molar-refractivity contribution is -0.134. The van der Waals surface area contributed by atoms with Crippen LogP contribution in [0.2, 0.25) is 0 Å². The zero-order chi connectivity index (χ0) is 20.6. The molecule has 3 N–H and O–H groups in total. The van der Waals surface area contributed by atoms with E-state index in [0.717, 1.165) is 24.0 Å². The van der Waals surface area contributed by atoms with Gasteiger partial charge in [-0.15, -0.1) is 0 Å². The summed E-state index contributed by atoms with van der Waals surface area (Å²) >= 11 is 0. The smallest absolute Gasteiger partial charge is 0.328 e. The maximum absolute atomic E-state index is 14.3. The number of nitrogens with zero attached hydrogens (tertiary/aromatic N) is 1. The van der Waals surface area contributed by atoms with Gasteiger partial charge in [0.1, 0.15) is 0 Å². The number of aromatic amines is 1. The number of benzene rings is 1. The van der Waals surface area contributed by atoms with E-state index in [1.54, 1.807) is 6.07 Å². The normalized spacial score (nSPS) is 11.1. The average Bonchev–Trinajstić information content (AvgIpc) is 3.02. The fourth-order valence-corrected chi connectivity index (χ4v) is 2.28. The van der Waals surface area contributed by atoms with Gasteiger partial charge in [0.2, 0.25) is 0 Å². The fraction of sp³-hybridized carbons (Fsp3) is 0.368. The molecule has 0 atom stereocenters. The van der Waals surface area contributed by atoms with Gasteiger partial charge in [0, 0.05) is 41.8 Å². The third-order valence-corrected chi connectivity index (χ3v) is 4.03. The van der Waals surface area contributed by atoms with Crippen LogP contribution in [0.1, 0.15) is 19.4 Å². The van der Waals surface area contributed by atoms with Crippen molar-refractivity contribution in [1.29, 1.82) is 0 Å². The van der Waals surface area contributed by atoms with Gasteiger partial charge in [-0.05, 0) is 45.0 Å². The van der Waals surface area contributed by atoms with E-state index in [0.29, 0.717) is 29.3 Å². The van der Waals surface area contributed by atoms with Gasteiger partial charge in [-0.2, -0.15) is 0 Å². The highest BCUT2D eigenvalue weighted by molar-refractivity contribution is 5.89. The molecule has 27 heavy (non-hydrogen) atoms. The number of hydrogen-bond donors (Lipinski definition) is 3. The molecule has 2 rings (SSSR count). The van der Waals surface area contributed by atoms with E-state index in [1.165, 1.54) is 7.11 Å². The molecule has 7 nitrogen and oxygen atoms in total. The molecule has 0 saturated carbocycles. The summed E-state index contributed by atoms with van der Waals surface area (Å²) in [6.07, 6.45) is 3.82. The van der Waals surface area contributed by atoms with Gasteiger partial charge in [-0.25, -0.2) is 14.0 Å². The Morgan fingerprint density at radius 1 is 1.26 bits per heavy atom. The molecule has 0 aliphatic heterocycles. The summed E-state index contributed by atoms with van der Waals surface area (Å²) in [5, 5.41) is 16.3. The van der Waals surface area contributed by atoms with Crippen LogP contribution in [0.5, 0.6) is 5.75 Å². The summed E-state index contributed by atoms with van der Waals surface area (Å²) in [6, 6.07) is 4.00. The van der Waals surface area contributed by atoms with E-state index < -0.39 is 11.9 Å². The van der Waals surface area contributed by atoms with Crippen LogP contribution in [0.25, 0.3) is 10.9 Å². The van der Waals surface area contributed by atoms with Gasteiger partial charge in [0.25, 0.3) is 0 Å². The highest BCUT2D eigenvalue weighted by atomic mass is 19.1. The number of carboxylic acids is 2. The number of hydrogen-bond acceptors (Lipinski definition) is 4. The van der Waals surface area contributed by atoms with Crippen LogP contribution < -0.4 is 4.74 Å². The Morgan fingerprint density at radius 3 is 2.33 bits per heavy atom. The summed E-state index contributed by atoms with van der Waals surface area (Å²) < 4.78 is 19.3. The number of H-pyrrole nitrogens is 1. The summed E-state index contributed by atoms with van der Waals surface area (Å²) in [5.41, 5.74) is 1.82. The number of likely N-dealkylation sites (N-methyl/N-ethyl adjacent to an activating group) is 1. The first-order valence-corrected chi connectivity index (χ1v) is 8.34. The van der Waals surface area contributed by atoms with Gasteiger partial charge in [-0.1, -0.05) is 0 Å². The highest BCUT2D eigenvalue weighted by Crippen LogP contribution is 2.28. The van der Waals surface area contributed by atoms with Crippen LogP contribution in [-0.2, 0) is 16.0 Å². The van der Waals surface area contributed by atoms with Gasteiger partial charge >= 0.3 is 11.9 Å². The van der Waals surface area contributed by atoms with E-state index in [2.05, 4.69) is 30.8 Å². The van der Waals surface area contributed by atoms with E-state index in [1.807, 2.05) is 12.3 Å². The molecule has 0 spiro atoms. The lowest BCUT2D eigenvalue weighted by Gasteiger charge is -2.20. The number of methoxy groups -OCH3 is 1. The number of aromatic nitrogens is 1. The first-order chi connectivity index (χ1) is 12.7. The van der Waals surface area contributed by atoms with Gasteiger partial charge in [-0.3, -0.25) is 0 Å². The minimum atomic E-state index is -1.26. The number of carbonyl (C=O) groups is 2. The Hall–Kier alpha value is -2.87. The van der Waals surface area contributed by atoms with Crippen molar-refractivity contribution >= 4 is 22.8 Å². The molecule has 8 heteroatoms. The molecule has 1 heterocycles. The van der Waals surface area contributed by atoms with Crippen LogP contribution in [-0.4, -0.2) is 58.8 Å². The Bertz CT molecular complexity index is 798. The Labute approximate surface area is 157 Å². The number of ether oxygens (including phenoxy) is 1. The first kappa shape index (κ1) is 22.2. The SMILES string of the molecule is COc1ccc2[nH]cc(CCN(C)C(C)C)c2c1F.O=C(O)/C=C/C(=O)O. The predicted molar refractivity (Wildman–Crippen MR) is 101 cm³/mol. The second-order valence-electron chi connectivity index (χ2n) is 6.15. The number of fused-ring (bicyclic) bond motifs is 1. The number of aliphatic carboxylic acids is 2. The molecule has 0 bridgehead atoms. The zero-order valence-corrected chi connectivity index (χ0v) is 15.8. The molecule has 0 radical (unpaired) electrons. The van der Waals surface area contributed by atoms with Crippen molar-refractivity contribution in [2.75, 3.05) is 20.7 Å². The van der Waals surface area contributed by atoms with Crippen molar-refractivity contribution in [1.82, 2.24) is 9.88 Å². The maximum Gasteiger partial charge on any atom is 0.328 e. The lowest BCUT2D eigenvalue weighted by Crippen LogP contribution is -2.28. The van der Waals surface area contributed by atoms with Crippen molar-refractivity contribution in [3.63, 3.8) is 0 Å². The Kier molecular flexibility index (Phi) is 8.47. The minimum Gasteiger partial charge on any atom is -0.494 e. The molecular formula is C19H25FN2O5. The first-order valence-electron chi connectivity index (χ1n) is 8.34. The standard InChI is InChI=1S/C15H21FN2O.C4H4O4/c1-10(2)18(3)8-7-11-9-17-12-5-6-13(19-4)15(16)14(11)12;5-3(6)1-2-4(7)8/h5-6,9-10,17H,7-8H2,1-4H3;1-2H,(H,5,6)(H,7,8)/b;2-1+. The summed E-state index contributed by atoms with van der Waals surface area (Å²) in [7, 11) is 3.57. The van der Waals surface area contributed by atoms with Crippen molar-refractivity contribution in [3.05, 3.63) is 41.9 Å². The monoisotopic (exact) mass is 380 g/mol. The largest absolute Gasteiger partial charge is 0.494 e. The van der Waals surface area contributed by atoms with Crippen LogP contribution >= 0.6 is 0 Å². The van der Waals surface area contributed by atoms with Crippen molar-refractivity contribution < 1.29 is 28.9 Å². The zero-order valence-electron chi connectivity index (χ0n) is 15.8. The Balaban J connectivity index is 0.000000387. The summed E-state index contributed by atoms with van der Waals surface area (Å²) in [4.78, 5) is 24.5. The van der Waals surface area contributed by atoms with E-state index >= 15 is 0 Å². The molecule has 0 amide bonds. The van der Waals surface area contributed by atoms with Gasteiger partial charge in [0.05, 0.1) is 7.11 Å². The molecule has 148 valence electrons. The number of nitrogens with one attached hydrogen (secondary N) is 1. The topological polar surface area (TPSA) is 103 Å². The predicted octanol–water partition coefficient (Wildman–Crippen LogP) is 2.91. The van der Waals surface area contributed by atoms with Crippen LogP contribution in [0.15, 0.2) is 30.5 Å². The molecule has 1 aromatic heterocycles. The second kappa shape index (κ2) is 10.3. The van der Waals surface area contributed by atoms with Crippen molar-refractivity contribution in [3.8, 4) is 5.75 Å². The quantitative estimate of drug-likeness (QED) is 0.638. The molecule has 0 saturated heterocycles. The van der Waals surface area contributed by atoms with E-state index in [4.69, 9.17) is 14.9 Å². The van der Waals surface area contributed by atoms with Gasteiger partial charge < -0.3 is 24.8 Å².